The Balaban J connectivity index is 2.62. The molecule has 0 aliphatic carbocycles. The molecule has 0 radical (unpaired) electrons. The summed E-state index contributed by atoms with van der Waals surface area (Å²) in [6.45, 7) is 4.19. The van der Waals surface area contributed by atoms with E-state index in [1.807, 2.05) is 7.05 Å². The minimum atomic E-state index is 0.357. The molecule has 0 N–H and O–H groups in total. The van der Waals surface area contributed by atoms with Gasteiger partial charge in [-0.3, -0.25) is 0 Å². The van der Waals surface area contributed by atoms with Gasteiger partial charge >= 0.3 is 0 Å². The molecule has 80 valence electrons. The molecule has 0 aliphatic rings. The zero-order chi connectivity index (χ0) is 11.0. The Hall–Kier alpha value is -1.36. The molecule has 0 atom stereocenters. The van der Waals surface area contributed by atoms with Crippen molar-refractivity contribution in [3.63, 3.8) is 0 Å². The van der Waals surface area contributed by atoms with Crippen molar-refractivity contribution < 1.29 is 0 Å². The van der Waals surface area contributed by atoms with E-state index < -0.39 is 0 Å². The summed E-state index contributed by atoms with van der Waals surface area (Å²) in [6, 6.07) is 2.14. The maximum atomic E-state index is 5.91. The molecule has 5 nitrogen and oxygen atoms in total. The fourth-order valence-corrected chi connectivity index (χ4v) is 1.46. The monoisotopic (exact) mass is 225 g/mol. The van der Waals surface area contributed by atoms with Crippen LogP contribution in [0.3, 0.4) is 0 Å². The molecule has 2 aromatic rings. The largest absolute Gasteiger partial charge is 0.357 e. The van der Waals surface area contributed by atoms with E-state index in [1.165, 1.54) is 6.33 Å². The van der Waals surface area contributed by atoms with E-state index in [2.05, 4.69) is 33.8 Å². The van der Waals surface area contributed by atoms with Crippen molar-refractivity contribution in [1.82, 2.24) is 19.6 Å². The Kier molecular flexibility index (Phi) is 2.48. The summed E-state index contributed by atoms with van der Waals surface area (Å²) in [6.07, 6.45) is 1.47. The average Bonchev–Trinajstić information content (AvgIpc) is 2.62. The Morgan fingerprint density at radius 2 is 2.20 bits per heavy atom. The summed E-state index contributed by atoms with van der Waals surface area (Å²) in [5.41, 5.74) is 0. The van der Waals surface area contributed by atoms with Crippen LogP contribution in [0.1, 0.15) is 13.8 Å². The van der Waals surface area contributed by atoms with Crippen LogP contribution in [0.2, 0.25) is 5.15 Å². The molecule has 15 heavy (non-hydrogen) atoms. The molecular weight excluding hydrogens is 214 g/mol. The van der Waals surface area contributed by atoms with Crippen molar-refractivity contribution in [2.45, 2.75) is 19.9 Å². The molecule has 0 aliphatic heterocycles. The van der Waals surface area contributed by atoms with Gasteiger partial charge < -0.3 is 4.90 Å². The Labute approximate surface area is 92.7 Å². The van der Waals surface area contributed by atoms with E-state index in [-0.39, 0.29) is 0 Å². The summed E-state index contributed by atoms with van der Waals surface area (Å²) in [7, 11) is 1.98. The second-order valence-corrected chi connectivity index (χ2v) is 4.00. The summed E-state index contributed by atoms with van der Waals surface area (Å²) in [5.74, 6) is 1.41. The standard InChI is InChI=1S/C9H12ClN5/c1-6(2)14(3)8-4-7(10)13-9-11-5-12-15(8)9/h4-6H,1-3H3. The van der Waals surface area contributed by atoms with E-state index in [4.69, 9.17) is 11.6 Å². The molecule has 2 rings (SSSR count). The van der Waals surface area contributed by atoms with Crippen LogP contribution in [-0.2, 0) is 0 Å². The first kappa shape index (κ1) is 10.2. The van der Waals surface area contributed by atoms with Crippen molar-refractivity contribution in [3.05, 3.63) is 17.5 Å². The van der Waals surface area contributed by atoms with Crippen LogP contribution in [-0.4, -0.2) is 32.7 Å². The molecule has 0 amide bonds. The molecule has 0 bridgehead atoms. The van der Waals surface area contributed by atoms with Gasteiger partial charge in [0.05, 0.1) is 0 Å². The molecule has 0 saturated heterocycles. The van der Waals surface area contributed by atoms with Gasteiger partial charge in [0.2, 0.25) is 0 Å². The summed E-state index contributed by atoms with van der Waals surface area (Å²) < 4.78 is 1.67. The summed E-state index contributed by atoms with van der Waals surface area (Å²) in [5, 5.41) is 4.53. The van der Waals surface area contributed by atoms with E-state index in [0.29, 0.717) is 17.0 Å². The first-order valence-corrected chi connectivity index (χ1v) is 5.06. The van der Waals surface area contributed by atoms with Gasteiger partial charge in [-0.15, -0.1) is 0 Å². The number of aromatic nitrogens is 4. The molecule has 0 unspecified atom stereocenters. The molecule has 2 heterocycles. The SMILES string of the molecule is CC(C)N(C)c1cc(Cl)nc2ncnn12. The third-order valence-corrected chi connectivity index (χ3v) is 2.53. The molecule has 0 fully saturated rings. The predicted octanol–water partition coefficient (Wildman–Crippen LogP) is 1.62. The van der Waals surface area contributed by atoms with Gasteiger partial charge in [-0.1, -0.05) is 11.6 Å². The lowest BCUT2D eigenvalue weighted by Gasteiger charge is -2.23. The Morgan fingerprint density at radius 1 is 1.47 bits per heavy atom. The van der Waals surface area contributed by atoms with Crippen molar-refractivity contribution in [3.8, 4) is 0 Å². The smallest absolute Gasteiger partial charge is 0.255 e. The highest BCUT2D eigenvalue weighted by Crippen LogP contribution is 2.19. The highest BCUT2D eigenvalue weighted by atomic mass is 35.5. The Bertz CT molecular complexity index is 478. The fraction of sp³-hybridized carbons (Fsp3) is 0.444. The van der Waals surface area contributed by atoms with E-state index in [0.717, 1.165) is 5.82 Å². The number of hydrogen-bond donors (Lipinski definition) is 0. The van der Waals surface area contributed by atoms with Crippen LogP contribution in [0.4, 0.5) is 5.82 Å². The zero-order valence-corrected chi connectivity index (χ0v) is 9.60. The molecule has 0 saturated carbocycles. The summed E-state index contributed by atoms with van der Waals surface area (Å²) in [4.78, 5) is 10.1. The maximum Gasteiger partial charge on any atom is 0.255 e. The number of hydrogen-bond acceptors (Lipinski definition) is 4. The number of nitrogens with zero attached hydrogens (tertiary/aromatic N) is 5. The van der Waals surface area contributed by atoms with Gasteiger partial charge in [0.1, 0.15) is 17.3 Å². The topological polar surface area (TPSA) is 46.3 Å². The second kappa shape index (κ2) is 3.66. The van der Waals surface area contributed by atoms with Crippen molar-refractivity contribution >= 4 is 23.2 Å². The van der Waals surface area contributed by atoms with Gasteiger partial charge in [-0.25, -0.2) is 0 Å². The van der Waals surface area contributed by atoms with Crippen molar-refractivity contribution in [1.29, 1.82) is 0 Å². The second-order valence-electron chi connectivity index (χ2n) is 3.61. The lowest BCUT2D eigenvalue weighted by molar-refractivity contribution is 0.723. The molecule has 0 aromatic carbocycles. The molecule has 0 spiro atoms. The highest BCUT2D eigenvalue weighted by Gasteiger charge is 2.12. The van der Waals surface area contributed by atoms with Crippen LogP contribution in [0.25, 0.3) is 5.78 Å². The number of anilines is 1. The fourth-order valence-electron chi connectivity index (χ4n) is 1.28. The van der Waals surface area contributed by atoms with Crippen molar-refractivity contribution in [2.24, 2.45) is 0 Å². The van der Waals surface area contributed by atoms with Gasteiger partial charge in [-0.2, -0.15) is 19.6 Å². The third kappa shape index (κ3) is 1.74. The first-order valence-electron chi connectivity index (χ1n) is 4.68. The van der Waals surface area contributed by atoms with Crippen LogP contribution in [0, 0.1) is 0 Å². The van der Waals surface area contributed by atoms with Crippen LogP contribution in [0.15, 0.2) is 12.4 Å². The van der Waals surface area contributed by atoms with Crippen molar-refractivity contribution in [2.75, 3.05) is 11.9 Å². The molecule has 2 aromatic heterocycles. The van der Waals surface area contributed by atoms with Gasteiger partial charge in [0, 0.05) is 19.2 Å². The number of fused-ring (bicyclic) bond motifs is 1. The number of halogens is 1. The Morgan fingerprint density at radius 3 is 2.87 bits per heavy atom. The lowest BCUT2D eigenvalue weighted by atomic mass is 10.3. The van der Waals surface area contributed by atoms with E-state index in [9.17, 15) is 0 Å². The average molecular weight is 226 g/mol. The maximum absolute atomic E-state index is 5.91. The predicted molar refractivity (Wildman–Crippen MR) is 59.3 cm³/mol. The van der Waals surface area contributed by atoms with E-state index in [1.54, 1.807) is 10.6 Å². The number of rotatable bonds is 2. The highest BCUT2D eigenvalue weighted by molar-refractivity contribution is 6.29. The van der Waals surface area contributed by atoms with E-state index >= 15 is 0 Å². The normalized spacial score (nSPS) is 11.3. The molecule has 6 heteroatoms. The minimum Gasteiger partial charge on any atom is -0.357 e. The van der Waals surface area contributed by atoms with Gasteiger partial charge in [-0.05, 0) is 13.8 Å². The summed E-state index contributed by atoms with van der Waals surface area (Å²) >= 11 is 5.91. The third-order valence-electron chi connectivity index (χ3n) is 2.34. The van der Waals surface area contributed by atoms with Crippen LogP contribution in [0.5, 0.6) is 0 Å². The van der Waals surface area contributed by atoms with Crippen LogP contribution < -0.4 is 4.90 Å². The molecular formula is C9H12ClN5. The van der Waals surface area contributed by atoms with Crippen LogP contribution >= 0.6 is 11.6 Å². The lowest BCUT2D eigenvalue weighted by Crippen LogP contribution is -2.28. The zero-order valence-electron chi connectivity index (χ0n) is 8.85. The quantitative estimate of drug-likeness (QED) is 0.729. The minimum absolute atomic E-state index is 0.357. The van der Waals surface area contributed by atoms with Gasteiger partial charge in [0.25, 0.3) is 5.78 Å². The van der Waals surface area contributed by atoms with Gasteiger partial charge in [0.15, 0.2) is 0 Å². The first-order chi connectivity index (χ1) is 7.09.